The molecule has 0 spiro atoms. The number of carboxylic acid groups (broad SMARTS) is 1. The van der Waals surface area contributed by atoms with E-state index in [9.17, 15) is 28.0 Å². The van der Waals surface area contributed by atoms with E-state index in [0.717, 1.165) is 24.8 Å². The van der Waals surface area contributed by atoms with Gasteiger partial charge in [0.15, 0.2) is 11.6 Å². The van der Waals surface area contributed by atoms with Gasteiger partial charge in [0.2, 0.25) is 5.91 Å². The lowest BCUT2D eigenvalue weighted by Gasteiger charge is -2.26. The summed E-state index contributed by atoms with van der Waals surface area (Å²) in [4.78, 5) is 53.0. The van der Waals surface area contributed by atoms with Crippen LogP contribution >= 0.6 is 0 Å². The molecule has 3 aromatic rings. The molecule has 11 N–H and O–H groups in total. The summed E-state index contributed by atoms with van der Waals surface area (Å²) in [5.74, 6) is -6.42. The normalized spacial score (nSPS) is 12.7. The van der Waals surface area contributed by atoms with Gasteiger partial charge in [-0.05, 0) is 56.9 Å². The Morgan fingerprint density at radius 3 is 2.23 bits per heavy atom. The number of amidine groups is 1. The largest absolute Gasteiger partial charge is 0.477 e. The molecule has 1 aromatic heterocycles. The molecule has 0 atom stereocenters. The predicted octanol–water partition coefficient (Wildman–Crippen LogP) is 2.50. The van der Waals surface area contributed by atoms with Crippen molar-refractivity contribution in [2.24, 2.45) is 5.73 Å². The number of amides is 2. The zero-order valence-corrected chi connectivity index (χ0v) is 26.2. The fraction of sp³-hybridized carbons (Fsp3) is 0.355. The molecule has 1 fully saturated rings. The van der Waals surface area contributed by atoms with Crippen molar-refractivity contribution in [2.75, 3.05) is 16.8 Å². The van der Waals surface area contributed by atoms with E-state index in [1.54, 1.807) is 42.5 Å². The van der Waals surface area contributed by atoms with Gasteiger partial charge < -0.3 is 38.3 Å². The van der Waals surface area contributed by atoms with Gasteiger partial charge in [-0.2, -0.15) is 8.78 Å². The molecule has 16 heteroatoms. The first kappa shape index (κ1) is 35.9. The summed E-state index contributed by atoms with van der Waals surface area (Å²) in [5.41, 5.74) is 20.0. The highest BCUT2D eigenvalue weighted by atomic mass is 19.3. The summed E-state index contributed by atoms with van der Waals surface area (Å²) in [7, 11) is 0. The Hall–Kier alpha value is -5.54. The zero-order valence-electron chi connectivity index (χ0n) is 26.2. The van der Waals surface area contributed by atoms with Crippen LogP contribution in [0.3, 0.4) is 0 Å². The maximum atomic E-state index is 13.5. The first-order valence-corrected chi connectivity index (χ1v) is 14.7. The fourth-order valence-corrected chi connectivity index (χ4v) is 4.35. The van der Waals surface area contributed by atoms with E-state index in [0.29, 0.717) is 29.3 Å². The number of nitrogens with zero attached hydrogens (tertiary/aromatic N) is 2. The van der Waals surface area contributed by atoms with E-state index in [1.165, 1.54) is 4.57 Å². The van der Waals surface area contributed by atoms with E-state index in [4.69, 9.17) is 27.7 Å². The smallest absolute Gasteiger partial charge is 0.374 e. The molecule has 2 amide bonds. The number of nitrogen functional groups attached to an aromatic ring is 3. The van der Waals surface area contributed by atoms with E-state index in [1.807, 2.05) is 13.8 Å². The fourth-order valence-electron chi connectivity index (χ4n) is 4.35. The Labute approximate surface area is 269 Å². The summed E-state index contributed by atoms with van der Waals surface area (Å²) >= 11 is 0. The molecule has 4 rings (SSSR count). The standard InChI is InChI=1S/C28H35N9O3.C3H4F2O2/c1-15(2)34-26-28(40)37(14-22(38)33-13-16-6-8-17(9-7-16)24(30)31)23(25(32)36-26)18-10-19(12-20(29)11-18)27(39)35-21-4-3-5-21;1-3(4,5)2(6)7/h6-12,15,21H,3-5,13-14,29,32H2,1-2H3,(H3,30,31)(H,33,38)(H,34,36)(H,35,39);1H3,(H,6,7). The van der Waals surface area contributed by atoms with Crippen LogP contribution in [0.4, 0.5) is 26.1 Å². The van der Waals surface area contributed by atoms with E-state index in [2.05, 4.69) is 20.9 Å². The molecule has 1 aliphatic carbocycles. The van der Waals surface area contributed by atoms with Crippen molar-refractivity contribution in [3.05, 3.63) is 69.5 Å². The molecule has 0 aliphatic heterocycles. The Kier molecular flexibility index (Phi) is 11.6. The Balaban J connectivity index is 0.000000771. The molecule has 1 saturated carbocycles. The van der Waals surface area contributed by atoms with Gasteiger partial charge in [-0.25, -0.2) is 9.78 Å². The van der Waals surface area contributed by atoms with Crippen molar-refractivity contribution >= 4 is 40.9 Å². The number of aliphatic carboxylic acids is 1. The number of aromatic nitrogens is 2. The van der Waals surface area contributed by atoms with E-state index < -0.39 is 23.4 Å². The number of rotatable bonds is 11. The van der Waals surface area contributed by atoms with Crippen LogP contribution in [0.15, 0.2) is 47.3 Å². The van der Waals surface area contributed by atoms with Crippen molar-refractivity contribution in [1.29, 1.82) is 5.41 Å². The van der Waals surface area contributed by atoms with Gasteiger partial charge in [0.1, 0.15) is 12.4 Å². The third-order valence-electron chi connectivity index (χ3n) is 6.98. The minimum atomic E-state index is -3.58. The average Bonchev–Trinajstić information content (AvgIpc) is 2.95. The van der Waals surface area contributed by atoms with Gasteiger partial charge in [0.25, 0.3) is 11.5 Å². The van der Waals surface area contributed by atoms with Gasteiger partial charge in [-0.1, -0.05) is 24.3 Å². The number of nitrogens with one attached hydrogen (secondary N) is 4. The highest BCUT2D eigenvalue weighted by Crippen LogP contribution is 2.28. The number of anilines is 3. The van der Waals surface area contributed by atoms with Crippen molar-refractivity contribution in [3.63, 3.8) is 0 Å². The van der Waals surface area contributed by atoms with Crippen molar-refractivity contribution in [3.8, 4) is 11.3 Å². The summed E-state index contributed by atoms with van der Waals surface area (Å²) in [5, 5.41) is 23.8. The summed E-state index contributed by atoms with van der Waals surface area (Å²) in [6.45, 7) is 3.88. The number of alkyl halides is 2. The van der Waals surface area contributed by atoms with Gasteiger partial charge >= 0.3 is 11.9 Å². The molecule has 47 heavy (non-hydrogen) atoms. The molecular weight excluding hydrogens is 616 g/mol. The van der Waals surface area contributed by atoms with Crippen LogP contribution in [-0.2, 0) is 22.7 Å². The lowest BCUT2D eigenvalue weighted by molar-refractivity contribution is -0.161. The summed E-state index contributed by atoms with van der Waals surface area (Å²) in [6.07, 6.45) is 2.93. The van der Waals surface area contributed by atoms with Crippen LogP contribution in [0.2, 0.25) is 0 Å². The van der Waals surface area contributed by atoms with Crippen LogP contribution in [0.1, 0.15) is 61.5 Å². The number of benzene rings is 2. The van der Waals surface area contributed by atoms with E-state index >= 15 is 0 Å². The van der Waals surface area contributed by atoms with Crippen LogP contribution in [-0.4, -0.2) is 56.3 Å². The molecule has 0 saturated heterocycles. The molecule has 0 radical (unpaired) electrons. The molecule has 2 aromatic carbocycles. The van der Waals surface area contributed by atoms with Gasteiger partial charge in [0, 0.05) is 47.9 Å². The second kappa shape index (κ2) is 15.2. The van der Waals surface area contributed by atoms with Crippen molar-refractivity contribution in [1.82, 2.24) is 20.2 Å². The topological polar surface area (TPSA) is 244 Å². The lowest BCUT2D eigenvalue weighted by atomic mass is 9.93. The van der Waals surface area contributed by atoms with Crippen molar-refractivity contribution in [2.45, 2.75) is 71.1 Å². The minimum absolute atomic E-state index is 0.00585. The SMILES string of the molecule is CC(C)Nc1nc(N)c(-c2cc(N)cc(C(=O)NC3CCC3)c2)n(CC(=O)NCc2ccc(C(=N)N)cc2)c1=O.CC(F)(F)C(=O)O. The molecular formula is C31H39F2N9O5. The second-order valence-corrected chi connectivity index (χ2v) is 11.4. The Morgan fingerprint density at radius 2 is 1.72 bits per heavy atom. The van der Waals surface area contributed by atoms with Crippen LogP contribution in [0, 0.1) is 5.41 Å². The Bertz CT molecular complexity index is 1700. The van der Waals surface area contributed by atoms with Crippen LogP contribution in [0.5, 0.6) is 0 Å². The molecule has 14 nitrogen and oxygen atoms in total. The number of carboxylic acids is 1. The molecule has 0 bridgehead atoms. The zero-order chi connectivity index (χ0) is 35.1. The third kappa shape index (κ3) is 9.97. The number of hydrogen-bond donors (Lipinski definition) is 8. The molecule has 1 heterocycles. The maximum absolute atomic E-state index is 13.5. The predicted molar refractivity (Wildman–Crippen MR) is 174 cm³/mol. The number of hydrogen-bond acceptors (Lipinski definition) is 9. The van der Waals surface area contributed by atoms with Crippen LogP contribution in [0.25, 0.3) is 11.3 Å². The summed E-state index contributed by atoms with van der Waals surface area (Å²) < 4.78 is 23.7. The first-order valence-electron chi connectivity index (χ1n) is 14.7. The van der Waals surface area contributed by atoms with Crippen molar-refractivity contribution < 1.29 is 28.3 Å². The number of nitrogens with two attached hydrogens (primary N) is 3. The van der Waals surface area contributed by atoms with E-state index in [-0.39, 0.29) is 54.2 Å². The molecule has 0 unspecified atom stereocenters. The van der Waals surface area contributed by atoms with Crippen LogP contribution < -0.4 is 38.7 Å². The van der Waals surface area contributed by atoms with Gasteiger partial charge in [-0.15, -0.1) is 0 Å². The quantitative estimate of drug-likeness (QED) is 0.0852. The average molecular weight is 656 g/mol. The highest BCUT2D eigenvalue weighted by Gasteiger charge is 2.31. The lowest BCUT2D eigenvalue weighted by Crippen LogP contribution is -2.39. The number of carbonyl (C=O) groups excluding carboxylic acids is 2. The summed E-state index contributed by atoms with van der Waals surface area (Å²) in [6, 6.07) is 11.7. The number of carbonyl (C=O) groups is 3. The Morgan fingerprint density at radius 1 is 1.11 bits per heavy atom. The molecule has 252 valence electrons. The third-order valence-corrected chi connectivity index (χ3v) is 6.98. The number of halogens is 2. The monoisotopic (exact) mass is 655 g/mol. The minimum Gasteiger partial charge on any atom is -0.477 e. The highest BCUT2D eigenvalue weighted by molar-refractivity contribution is 5.97. The molecule has 1 aliphatic rings. The maximum Gasteiger partial charge on any atom is 0.374 e. The first-order chi connectivity index (χ1) is 22.0. The van der Waals surface area contributed by atoms with Gasteiger partial charge in [0.05, 0.1) is 5.69 Å². The second-order valence-electron chi connectivity index (χ2n) is 11.4. The van der Waals surface area contributed by atoms with Gasteiger partial charge in [-0.3, -0.25) is 24.4 Å².